The number of carbonyl (C=O) groups excluding carboxylic acids is 2. The first-order valence-corrected chi connectivity index (χ1v) is 9.17. The molecule has 6 heteroatoms. The van der Waals surface area contributed by atoms with E-state index in [0.29, 0.717) is 16.8 Å². The fraction of sp³-hybridized carbons (Fsp3) is 0.130. The summed E-state index contributed by atoms with van der Waals surface area (Å²) in [6.45, 7) is 3.94. The van der Waals surface area contributed by atoms with Crippen molar-refractivity contribution in [2.24, 2.45) is 0 Å². The second kappa shape index (κ2) is 7.31. The second-order valence-corrected chi connectivity index (χ2v) is 6.95. The number of nitrogens with zero attached hydrogens (tertiary/aromatic N) is 3. The molecule has 0 aliphatic carbocycles. The standard InChI is InChI=1S/C23H19N3O3/c1-14-3-4-18(13-15(14)2)26-20(16-5-9-24-10-6-16)19(22(28)23(26)29)21(27)17-7-11-25-12-8-17/h3-13,20,27H,1-2H3/b21-19+. The van der Waals surface area contributed by atoms with Gasteiger partial charge in [0.05, 0.1) is 11.6 Å². The summed E-state index contributed by atoms with van der Waals surface area (Å²) in [5, 5.41) is 10.9. The number of ketones is 1. The fourth-order valence-electron chi connectivity index (χ4n) is 3.50. The van der Waals surface area contributed by atoms with E-state index in [9.17, 15) is 14.7 Å². The van der Waals surface area contributed by atoms with Gasteiger partial charge in [-0.05, 0) is 66.9 Å². The third kappa shape index (κ3) is 3.18. The van der Waals surface area contributed by atoms with E-state index < -0.39 is 17.7 Å². The minimum absolute atomic E-state index is 0.0469. The molecule has 0 spiro atoms. The molecule has 1 amide bonds. The minimum Gasteiger partial charge on any atom is -0.507 e. The number of rotatable bonds is 3. The van der Waals surface area contributed by atoms with Crippen LogP contribution in [0.15, 0.2) is 72.8 Å². The van der Waals surface area contributed by atoms with E-state index in [2.05, 4.69) is 9.97 Å². The molecule has 0 bridgehead atoms. The molecule has 29 heavy (non-hydrogen) atoms. The summed E-state index contributed by atoms with van der Waals surface area (Å²) < 4.78 is 0. The zero-order chi connectivity index (χ0) is 20.5. The molecule has 1 aromatic carbocycles. The van der Waals surface area contributed by atoms with Gasteiger partial charge in [0.25, 0.3) is 11.7 Å². The van der Waals surface area contributed by atoms with Gasteiger partial charge in [-0.3, -0.25) is 24.5 Å². The predicted octanol–water partition coefficient (Wildman–Crippen LogP) is 3.72. The van der Waals surface area contributed by atoms with E-state index in [-0.39, 0.29) is 11.3 Å². The lowest BCUT2D eigenvalue weighted by Crippen LogP contribution is -2.29. The normalized spacial score (nSPS) is 18.3. The molecule has 1 saturated heterocycles. The number of anilines is 1. The van der Waals surface area contributed by atoms with Crippen molar-refractivity contribution in [3.8, 4) is 0 Å². The number of pyridine rings is 2. The van der Waals surface area contributed by atoms with Crippen molar-refractivity contribution >= 4 is 23.1 Å². The number of aromatic nitrogens is 2. The Hall–Kier alpha value is -3.80. The molecule has 3 heterocycles. The molecule has 1 aliphatic rings. The van der Waals surface area contributed by atoms with Crippen LogP contribution < -0.4 is 4.90 Å². The SMILES string of the molecule is Cc1ccc(N2C(=O)C(=O)/C(=C(/O)c3ccncc3)C2c2ccncc2)cc1C. The molecule has 1 aliphatic heterocycles. The quantitative estimate of drug-likeness (QED) is 0.422. The van der Waals surface area contributed by atoms with Crippen molar-refractivity contribution in [1.82, 2.24) is 9.97 Å². The number of Topliss-reactive ketones (excluding diaryl/α,β-unsaturated/α-hetero) is 1. The molecule has 6 nitrogen and oxygen atoms in total. The highest BCUT2D eigenvalue weighted by Crippen LogP contribution is 2.42. The zero-order valence-corrected chi connectivity index (χ0v) is 16.0. The van der Waals surface area contributed by atoms with Crippen LogP contribution in [0.1, 0.15) is 28.3 Å². The molecule has 0 radical (unpaired) electrons. The molecule has 0 saturated carbocycles. The largest absolute Gasteiger partial charge is 0.507 e. The monoisotopic (exact) mass is 385 g/mol. The lowest BCUT2D eigenvalue weighted by Gasteiger charge is -2.26. The Morgan fingerprint density at radius 1 is 0.897 bits per heavy atom. The average Bonchev–Trinajstić information content (AvgIpc) is 3.02. The van der Waals surface area contributed by atoms with Gasteiger partial charge in [0.15, 0.2) is 0 Å². The number of aliphatic hydroxyl groups is 1. The number of aryl methyl sites for hydroxylation is 2. The van der Waals surface area contributed by atoms with Crippen LogP contribution in [0.2, 0.25) is 0 Å². The lowest BCUT2D eigenvalue weighted by atomic mass is 9.96. The Labute approximate surface area is 168 Å². The molecule has 4 rings (SSSR count). The number of amides is 1. The van der Waals surface area contributed by atoms with Crippen LogP contribution in [0.25, 0.3) is 5.76 Å². The predicted molar refractivity (Wildman–Crippen MR) is 109 cm³/mol. The van der Waals surface area contributed by atoms with Gasteiger partial charge < -0.3 is 5.11 Å². The topological polar surface area (TPSA) is 83.4 Å². The molecular formula is C23H19N3O3. The van der Waals surface area contributed by atoms with Gasteiger partial charge in [-0.25, -0.2) is 0 Å². The van der Waals surface area contributed by atoms with Crippen LogP contribution in [-0.2, 0) is 9.59 Å². The van der Waals surface area contributed by atoms with Crippen molar-refractivity contribution in [2.75, 3.05) is 4.90 Å². The van der Waals surface area contributed by atoms with Crippen LogP contribution >= 0.6 is 0 Å². The third-order valence-corrected chi connectivity index (χ3v) is 5.19. The maximum Gasteiger partial charge on any atom is 0.300 e. The van der Waals surface area contributed by atoms with Crippen LogP contribution in [0.3, 0.4) is 0 Å². The molecule has 1 fully saturated rings. The summed E-state index contributed by atoms with van der Waals surface area (Å²) in [4.78, 5) is 35.4. The summed E-state index contributed by atoms with van der Waals surface area (Å²) >= 11 is 0. The van der Waals surface area contributed by atoms with Crippen LogP contribution in [0.5, 0.6) is 0 Å². The Morgan fingerprint density at radius 3 is 2.14 bits per heavy atom. The van der Waals surface area contributed by atoms with Gasteiger partial charge in [-0.2, -0.15) is 0 Å². The van der Waals surface area contributed by atoms with Gasteiger partial charge in [-0.15, -0.1) is 0 Å². The molecule has 3 aromatic rings. The maximum absolute atomic E-state index is 13.0. The maximum atomic E-state index is 13.0. The summed E-state index contributed by atoms with van der Waals surface area (Å²) in [6, 6.07) is 11.5. The summed E-state index contributed by atoms with van der Waals surface area (Å²) in [5.74, 6) is -1.62. The molecule has 2 aromatic heterocycles. The highest BCUT2D eigenvalue weighted by atomic mass is 16.3. The summed E-state index contributed by atoms with van der Waals surface area (Å²) in [5.41, 5.74) is 3.86. The van der Waals surface area contributed by atoms with Crippen LogP contribution in [0.4, 0.5) is 5.69 Å². The number of aliphatic hydroxyl groups excluding tert-OH is 1. The Balaban J connectivity index is 1.95. The summed E-state index contributed by atoms with van der Waals surface area (Å²) in [7, 11) is 0. The van der Waals surface area contributed by atoms with E-state index in [1.54, 1.807) is 36.7 Å². The second-order valence-electron chi connectivity index (χ2n) is 6.95. The molecule has 1 N–H and O–H groups in total. The van der Waals surface area contributed by atoms with E-state index in [1.807, 2.05) is 32.0 Å². The summed E-state index contributed by atoms with van der Waals surface area (Å²) in [6.07, 6.45) is 6.25. The van der Waals surface area contributed by atoms with E-state index >= 15 is 0 Å². The number of hydrogen-bond donors (Lipinski definition) is 1. The highest BCUT2D eigenvalue weighted by molar-refractivity contribution is 6.51. The smallest absolute Gasteiger partial charge is 0.300 e. The average molecular weight is 385 g/mol. The first kappa shape index (κ1) is 18.6. The third-order valence-electron chi connectivity index (χ3n) is 5.19. The Bertz CT molecular complexity index is 1120. The number of hydrogen-bond acceptors (Lipinski definition) is 5. The van der Waals surface area contributed by atoms with E-state index in [1.165, 1.54) is 17.3 Å². The van der Waals surface area contributed by atoms with Crippen molar-refractivity contribution in [3.63, 3.8) is 0 Å². The van der Waals surface area contributed by atoms with Crippen molar-refractivity contribution < 1.29 is 14.7 Å². The van der Waals surface area contributed by atoms with Crippen molar-refractivity contribution in [2.45, 2.75) is 19.9 Å². The number of carbonyl (C=O) groups is 2. The van der Waals surface area contributed by atoms with Gasteiger partial charge in [0, 0.05) is 36.0 Å². The van der Waals surface area contributed by atoms with Crippen molar-refractivity contribution in [3.05, 3.63) is 95.1 Å². The Kier molecular flexibility index (Phi) is 4.68. The van der Waals surface area contributed by atoms with Crippen LogP contribution in [-0.4, -0.2) is 26.8 Å². The zero-order valence-electron chi connectivity index (χ0n) is 16.0. The van der Waals surface area contributed by atoms with Gasteiger partial charge in [-0.1, -0.05) is 6.07 Å². The number of benzene rings is 1. The van der Waals surface area contributed by atoms with E-state index in [0.717, 1.165) is 11.1 Å². The molecule has 1 atom stereocenters. The minimum atomic E-state index is -0.756. The lowest BCUT2D eigenvalue weighted by molar-refractivity contribution is -0.132. The van der Waals surface area contributed by atoms with Gasteiger partial charge >= 0.3 is 0 Å². The first-order valence-electron chi connectivity index (χ1n) is 9.17. The van der Waals surface area contributed by atoms with Crippen molar-refractivity contribution in [1.29, 1.82) is 0 Å². The highest BCUT2D eigenvalue weighted by Gasteiger charge is 2.47. The molecule has 144 valence electrons. The van der Waals surface area contributed by atoms with Gasteiger partial charge in [0.2, 0.25) is 0 Å². The van der Waals surface area contributed by atoms with Crippen LogP contribution in [0, 0.1) is 13.8 Å². The van der Waals surface area contributed by atoms with E-state index in [4.69, 9.17) is 0 Å². The molecule has 1 unspecified atom stereocenters. The Morgan fingerprint density at radius 2 is 1.52 bits per heavy atom. The first-order chi connectivity index (χ1) is 14.0. The fourth-order valence-corrected chi connectivity index (χ4v) is 3.50. The molecular weight excluding hydrogens is 366 g/mol. The van der Waals surface area contributed by atoms with Gasteiger partial charge in [0.1, 0.15) is 5.76 Å².